The smallest absolute Gasteiger partial charge is 0.185 e. The van der Waals surface area contributed by atoms with Crippen LogP contribution in [0.25, 0.3) is 0 Å². The topological polar surface area (TPSA) is 28.2 Å². The van der Waals surface area contributed by atoms with Gasteiger partial charge in [-0.25, -0.2) is 4.98 Å². The van der Waals surface area contributed by atoms with Gasteiger partial charge in [0.2, 0.25) is 0 Å². The van der Waals surface area contributed by atoms with Gasteiger partial charge in [0.1, 0.15) is 0 Å². The minimum Gasteiger partial charge on any atom is -0.345 e. The standard InChI is InChI=1S/C16H29N3S/c1-11(2)7-17-8-15-10-20-16(18-15)19-9-12(3)6-13(4)14(19)5/h10-14,17H,6-9H2,1-5H3. The molecule has 3 atom stereocenters. The van der Waals surface area contributed by atoms with Gasteiger partial charge in [-0.3, -0.25) is 0 Å². The number of anilines is 1. The predicted molar refractivity (Wildman–Crippen MR) is 88.4 cm³/mol. The van der Waals surface area contributed by atoms with Crippen molar-refractivity contribution in [3.05, 3.63) is 11.1 Å². The van der Waals surface area contributed by atoms with Crippen LogP contribution in [0.3, 0.4) is 0 Å². The average Bonchev–Trinajstić information content (AvgIpc) is 2.82. The van der Waals surface area contributed by atoms with Gasteiger partial charge in [0.25, 0.3) is 0 Å². The third-order valence-corrected chi connectivity index (χ3v) is 5.17. The Morgan fingerprint density at radius 1 is 1.40 bits per heavy atom. The Hall–Kier alpha value is -0.610. The molecule has 1 saturated heterocycles. The van der Waals surface area contributed by atoms with E-state index in [2.05, 4.69) is 50.2 Å². The Morgan fingerprint density at radius 2 is 2.15 bits per heavy atom. The summed E-state index contributed by atoms with van der Waals surface area (Å²) >= 11 is 1.80. The molecule has 0 bridgehead atoms. The highest BCUT2D eigenvalue weighted by Gasteiger charge is 2.30. The van der Waals surface area contributed by atoms with E-state index in [1.807, 2.05) is 0 Å². The van der Waals surface area contributed by atoms with Crippen LogP contribution in [-0.2, 0) is 6.54 Å². The minimum absolute atomic E-state index is 0.605. The van der Waals surface area contributed by atoms with Gasteiger partial charge in [-0.2, -0.15) is 0 Å². The fourth-order valence-electron chi connectivity index (χ4n) is 2.97. The van der Waals surface area contributed by atoms with Crippen molar-refractivity contribution in [2.75, 3.05) is 18.0 Å². The van der Waals surface area contributed by atoms with Gasteiger partial charge in [0.05, 0.1) is 5.69 Å². The molecule has 1 fully saturated rings. The number of rotatable bonds is 5. The largest absolute Gasteiger partial charge is 0.345 e. The summed E-state index contributed by atoms with van der Waals surface area (Å²) in [6, 6.07) is 0.605. The van der Waals surface area contributed by atoms with Crippen LogP contribution in [0, 0.1) is 17.8 Å². The lowest BCUT2D eigenvalue weighted by Crippen LogP contribution is -2.45. The predicted octanol–water partition coefficient (Wildman–Crippen LogP) is 3.76. The fourth-order valence-corrected chi connectivity index (χ4v) is 3.89. The molecule has 0 spiro atoms. The van der Waals surface area contributed by atoms with E-state index in [1.54, 1.807) is 11.3 Å². The molecule has 0 aromatic carbocycles. The lowest BCUT2D eigenvalue weighted by Gasteiger charge is -2.41. The van der Waals surface area contributed by atoms with Gasteiger partial charge in [0.15, 0.2) is 5.13 Å². The molecule has 2 rings (SSSR count). The Labute approximate surface area is 127 Å². The van der Waals surface area contributed by atoms with Crippen molar-refractivity contribution in [1.82, 2.24) is 10.3 Å². The second-order valence-corrected chi connectivity index (χ2v) is 7.69. The molecule has 20 heavy (non-hydrogen) atoms. The van der Waals surface area contributed by atoms with Gasteiger partial charge >= 0.3 is 0 Å². The molecule has 114 valence electrons. The quantitative estimate of drug-likeness (QED) is 0.896. The van der Waals surface area contributed by atoms with Crippen molar-refractivity contribution in [3.8, 4) is 0 Å². The van der Waals surface area contributed by atoms with Crippen LogP contribution in [-0.4, -0.2) is 24.1 Å². The van der Waals surface area contributed by atoms with Crippen LogP contribution >= 0.6 is 11.3 Å². The number of nitrogens with zero attached hydrogens (tertiary/aromatic N) is 2. The van der Waals surface area contributed by atoms with Crippen molar-refractivity contribution in [1.29, 1.82) is 0 Å². The summed E-state index contributed by atoms with van der Waals surface area (Å²) in [6.45, 7) is 14.6. The Kier molecular flexibility index (Phi) is 5.44. The Balaban J connectivity index is 1.97. The molecule has 0 aliphatic carbocycles. The van der Waals surface area contributed by atoms with Crippen LogP contribution in [0.4, 0.5) is 5.13 Å². The first-order chi connectivity index (χ1) is 9.47. The fraction of sp³-hybridized carbons (Fsp3) is 0.812. The molecule has 2 heterocycles. The third kappa shape index (κ3) is 3.95. The number of hydrogen-bond acceptors (Lipinski definition) is 4. The first-order valence-electron chi connectivity index (χ1n) is 7.89. The van der Waals surface area contributed by atoms with Gasteiger partial charge < -0.3 is 10.2 Å². The van der Waals surface area contributed by atoms with E-state index in [-0.39, 0.29) is 0 Å². The summed E-state index contributed by atoms with van der Waals surface area (Å²) in [6.07, 6.45) is 1.34. The summed E-state index contributed by atoms with van der Waals surface area (Å²) < 4.78 is 0. The Bertz CT molecular complexity index is 416. The molecule has 1 aliphatic rings. The zero-order chi connectivity index (χ0) is 14.7. The molecular formula is C16H29N3S. The minimum atomic E-state index is 0.605. The Morgan fingerprint density at radius 3 is 2.85 bits per heavy atom. The first-order valence-corrected chi connectivity index (χ1v) is 8.77. The second-order valence-electron chi connectivity index (χ2n) is 6.86. The van der Waals surface area contributed by atoms with Crippen molar-refractivity contribution < 1.29 is 0 Å². The number of hydrogen-bond donors (Lipinski definition) is 1. The van der Waals surface area contributed by atoms with Crippen LogP contribution in [0.2, 0.25) is 0 Å². The highest BCUT2D eigenvalue weighted by molar-refractivity contribution is 7.13. The van der Waals surface area contributed by atoms with E-state index in [1.165, 1.54) is 17.2 Å². The molecule has 1 aromatic heterocycles. The summed E-state index contributed by atoms with van der Waals surface area (Å²) in [7, 11) is 0. The van der Waals surface area contributed by atoms with E-state index >= 15 is 0 Å². The number of piperidine rings is 1. The van der Waals surface area contributed by atoms with Gasteiger partial charge in [0, 0.05) is 24.5 Å². The van der Waals surface area contributed by atoms with E-state index in [0.717, 1.165) is 31.5 Å². The molecule has 0 amide bonds. The van der Waals surface area contributed by atoms with Crippen LogP contribution in [0.15, 0.2) is 5.38 Å². The van der Waals surface area contributed by atoms with Crippen molar-refractivity contribution >= 4 is 16.5 Å². The van der Waals surface area contributed by atoms with E-state index in [4.69, 9.17) is 4.98 Å². The second kappa shape index (κ2) is 6.90. The molecule has 3 nitrogen and oxygen atoms in total. The first kappa shape index (κ1) is 15.8. The molecule has 1 N–H and O–H groups in total. The molecule has 4 heteroatoms. The van der Waals surface area contributed by atoms with E-state index < -0.39 is 0 Å². The molecule has 0 saturated carbocycles. The molecule has 1 aromatic rings. The molecule has 3 unspecified atom stereocenters. The average molecular weight is 295 g/mol. The molecule has 0 radical (unpaired) electrons. The third-order valence-electron chi connectivity index (χ3n) is 4.24. The molecular weight excluding hydrogens is 266 g/mol. The van der Waals surface area contributed by atoms with Crippen LogP contribution in [0.1, 0.15) is 46.7 Å². The monoisotopic (exact) mass is 295 g/mol. The maximum absolute atomic E-state index is 4.83. The van der Waals surface area contributed by atoms with Gasteiger partial charge in [-0.1, -0.05) is 27.7 Å². The maximum atomic E-state index is 4.83. The normalized spacial score (nSPS) is 27.3. The van der Waals surface area contributed by atoms with Crippen molar-refractivity contribution in [2.24, 2.45) is 17.8 Å². The SMILES string of the molecule is CC(C)CNCc1csc(N2CC(C)CC(C)C2C)n1. The van der Waals surface area contributed by atoms with E-state index in [9.17, 15) is 0 Å². The number of nitrogens with one attached hydrogen (secondary N) is 1. The lowest BCUT2D eigenvalue weighted by molar-refractivity contribution is 0.296. The van der Waals surface area contributed by atoms with Crippen LogP contribution < -0.4 is 10.2 Å². The number of aromatic nitrogens is 1. The van der Waals surface area contributed by atoms with Crippen molar-refractivity contribution in [3.63, 3.8) is 0 Å². The zero-order valence-corrected chi connectivity index (χ0v) is 14.3. The highest BCUT2D eigenvalue weighted by Crippen LogP contribution is 2.32. The van der Waals surface area contributed by atoms with Gasteiger partial charge in [-0.15, -0.1) is 11.3 Å². The lowest BCUT2D eigenvalue weighted by atomic mass is 9.86. The highest BCUT2D eigenvalue weighted by atomic mass is 32.1. The van der Waals surface area contributed by atoms with Crippen LogP contribution in [0.5, 0.6) is 0 Å². The molecule has 1 aliphatic heterocycles. The number of thiazole rings is 1. The van der Waals surface area contributed by atoms with E-state index in [0.29, 0.717) is 12.0 Å². The summed E-state index contributed by atoms with van der Waals surface area (Å²) in [5.74, 6) is 2.22. The maximum Gasteiger partial charge on any atom is 0.185 e. The van der Waals surface area contributed by atoms with Gasteiger partial charge in [-0.05, 0) is 37.6 Å². The summed E-state index contributed by atoms with van der Waals surface area (Å²) in [5.41, 5.74) is 1.18. The summed E-state index contributed by atoms with van der Waals surface area (Å²) in [5, 5.41) is 6.89. The van der Waals surface area contributed by atoms with Crippen molar-refractivity contribution in [2.45, 2.75) is 53.6 Å². The zero-order valence-electron chi connectivity index (χ0n) is 13.5. The summed E-state index contributed by atoms with van der Waals surface area (Å²) in [4.78, 5) is 7.34.